The van der Waals surface area contributed by atoms with Crippen LogP contribution < -0.4 is 5.32 Å². The Kier molecular flexibility index (Phi) is 6.60. The number of nitrogens with one attached hydrogen (secondary N) is 1. The molecule has 0 saturated carbocycles. The van der Waals surface area contributed by atoms with Gasteiger partial charge in [0.05, 0.1) is 6.54 Å². The average molecular weight is 365 g/mol. The highest BCUT2D eigenvalue weighted by Crippen LogP contribution is 2.09. The van der Waals surface area contributed by atoms with Gasteiger partial charge in [-0.05, 0) is 31.0 Å². The second-order valence-electron chi connectivity index (χ2n) is 7.04. The summed E-state index contributed by atoms with van der Waals surface area (Å²) in [5, 5.41) is 2.74. The van der Waals surface area contributed by atoms with E-state index in [1.54, 1.807) is 12.1 Å². The van der Waals surface area contributed by atoms with E-state index in [0.29, 0.717) is 12.1 Å². The zero-order valence-electron chi connectivity index (χ0n) is 15.9. The van der Waals surface area contributed by atoms with Crippen molar-refractivity contribution < 1.29 is 9.59 Å². The molecule has 0 atom stereocenters. The number of nitrogens with zero attached hydrogens (tertiary/aromatic N) is 2. The van der Waals surface area contributed by atoms with Crippen LogP contribution in [0.15, 0.2) is 54.6 Å². The van der Waals surface area contributed by atoms with Crippen LogP contribution in [-0.4, -0.2) is 54.3 Å². The van der Waals surface area contributed by atoms with E-state index in [9.17, 15) is 9.59 Å². The molecule has 2 aromatic rings. The van der Waals surface area contributed by atoms with Crippen molar-refractivity contribution >= 4 is 11.8 Å². The summed E-state index contributed by atoms with van der Waals surface area (Å²) < 4.78 is 0. The first-order chi connectivity index (χ1) is 13.1. The molecule has 1 heterocycles. The lowest BCUT2D eigenvalue weighted by molar-refractivity contribution is -0.130. The van der Waals surface area contributed by atoms with Crippen LogP contribution in [0.5, 0.6) is 0 Å². The Morgan fingerprint density at radius 3 is 2.41 bits per heavy atom. The van der Waals surface area contributed by atoms with Gasteiger partial charge in [-0.25, -0.2) is 0 Å². The van der Waals surface area contributed by atoms with Crippen molar-refractivity contribution in [1.29, 1.82) is 0 Å². The summed E-state index contributed by atoms with van der Waals surface area (Å²) in [6, 6.07) is 17.8. The normalized spacial score (nSPS) is 15.2. The third-order valence-electron chi connectivity index (χ3n) is 4.90. The molecule has 0 spiro atoms. The van der Waals surface area contributed by atoms with E-state index in [0.717, 1.165) is 38.2 Å². The monoisotopic (exact) mass is 365 g/mol. The first-order valence-corrected chi connectivity index (χ1v) is 9.51. The van der Waals surface area contributed by atoms with E-state index in [1.165, 1.54) is 5.56 Å². The summed E-state index contributed by atoms with van der Waals surface area (Å²) in [4.78, 5) is 28.9. The van der Waals surface area contributed by atoms with Crippen LogP contribution in [0.2, 0.25) is 0 Å². The molecule has 1 saturated heterocycles. The van der Waals surface area contributed by atoms with Gasteiger partial charge in [0.1, 0.15) is 0 Å². The highest BCUT2D eigenvalue weighted by atomic mass is 16.2. The van der Waals surface area contributed by atoms with Crippen molar-refractivity contribution in [2.75, 3.05) is 32.7 Å². The van der Waals surface area contributed by atoms with Gasteiger partial charge in [-0.3, -0.25) is 14.5 Å². The molecule has 1 fully saturated rings. The fraction of sp³-hybridized carbons (Fsp3) is 0.364. The summed E-state index contributed by atoms with van der Waals surface area (Å²) in [7, 11) is 0. The second-order valence-corrected chi connectivity index (χ2v) is 7.04. The number of hydrogen-bond acceptors (Lipinski definition) is 3. The number of rotatable bonds is 5. The molecule has 5 heteroatoms. The highest BCUT2D eigenvalue weighted by Gasteiger charge is 2.19. The van der Waals surface area contributed by atoms with Crippen LogP contribution in [0.25, 0.3) is 0 Å². The van der Waals surface area contributed by atoms with Gasteiger partial charge < -0.3 is 10.2 Å². The van der Waals surface area contributed by atoms with Crippen molar-refractivity contribution in [2.45, 2.75) is 19.9 Å². The van der Waals surface area contributed by atoms with Crippen LogP contribution in [0, 0.1) is 6.92 Å². The predicted octanol–water partition coefficient (Wildman–Crippen LogP) is 2.46. The lowest BCUT2D eigenvalue weighted by Gasteiger charge is -2.22. The molecule has 5 nitrogen and oxygen atoms in total. The minimum Gasteiger partial charge on any atom is -0.343 e. The Hall–Kier alpha value is -2.66. The first-order valence-electron chi connectivity index (χ1n) is 9.51. The maximum absolute atomic E-state index is 12.5. The summed E-state index contributed by atoms with van der Waals surface area (Å²) in [6.07, 6.45) is 0.949. The molecule has 3 rings (SSSR count). The Balaban J connectivity index is 1.46. The van der Waals surface area contributed by atoms with Crippen LogP contribution >= 0.6 is 0 Å². The second kappa shape index (κ2) is 9.33. The molecule has 142 valence electrons. The summed E-state index contributed by atoms with van der Waals surface area (Å²) >= 11 is 0. The van der Waals surface area contributed by atoms with Crippen molar-refractivity contribution in [1.82, 2.24) is 15.1 Å². The SMILES string of the molecule is Cc1ccc(C(=O)NCC(=O)N2CCCN(Cc3ccccc3)CC2)cc1. The zero-order chi connectivity index (χ0) is 19.1. The van der Waals surface area contributed by atoms with E-state index in [2.05, 4.69) is 34.5 Å². The third kappa shape index (κ3) is 5.66. The molecule has 2 amide bonds. The van der Waals surface area contributed by atoms with Crippen molar-refractivity contribution in [3.05, 3.63) is 71.3 Å². The summed E-state index contributed by atoms with van der Waals surface area (Å²) in [5.41, 5.74) is 2.98. The topological polar surface area (TPSA) is 52.7 Å². The van der Waals surface area contributed by atoms with Gasteiger partial charge in [0.25, 0.3) is 5.91 Å². The molecule has 0 unspecified atom stereocenters. The van der Waals surface area contributed by atoms with E-state index in [-0.39, 0.29) is 18.4 Å². The van der Waals surface area contributed by atoms with E-state index in [4.69, 9.17) is 0 Å². The molecule has 1 aliphatic heterocycles. The summed E-state index contributed by atoms with van der Waals surface area (Å²) in [5.74, 6) is -0.221. The van der Waals surface area contributed by atoms with Gasteiger partial charge in [-0.15, -0.1) is 0 Å². The molecular formula is C22H27N3O2. The highest BCUT2D eigenvalue weighted by molar-refractivity contribution is 5.96. The standard InChI is InChI=1S/C22H27N3O2/c1-18-8-10-20(11-9-18)22(27)23-16-21(26)25-13-5-12-24(14-15-25)17-19-6-3-2-4-7-19/h2-4,6-11H,5,12-17H2,1H3,(H,23,27). The minimum atomic E-state index is -0.205. The quantitative estimate of drug-likeness (QED) is 0.886. The Morgan fingerprint density at radius 2 is 1.67 bits per heavy atom. The molecule has 0 bridgehead atoms. The van der Waals surface area contributed by atoms with Crippen molar-refractivity contribution in [3.8, 4) is 0 Å². The van der Waals surface area contributed by atoms with Gasteiger partial charge >= 0.3 is 0 Å². The first kappa shape index (κ1) is 19.1. The maximum Gasteiger partial charge on any atom is 0.251 e. The number of hydrogen-bond donors (Lipinski definition) is 1. The molecule has 1 aliphatic rings. The van der Waals surface area contributed by atoms with E-state index >= 15 is 0 Å². The predicted molar refractivity (Wildman–Crippen MR) is 106 cm³/mol. The fourth-order valence-electron chi connectivity index (χ4n) is 3.29. The lowest BCUT2D eigenvalue weighted by Crippen LogP contribution is -2.42. The maximum atomic E-state index is 12.5. The fourth-order valence-corrected chi connectivity index (χ4v) is 3.29. The number of aryl methyl sites for hydroxylation is 1. The van der Waals surface area contributed by atoms with E-state index < -0.39 is 0 Å². The van der Waals surface area contributed by atoms with Crippen LogP contribution in [0.3, 0.4) is 0 Å². The van der Waals surface area contributed by atoms with Crippen LogP contribution in [0.1, 0.15) is 27.9 Å². The lowest BCUT2D eigenvalue weighted by atomic mass is 10.1. The number of carbonyl (C=O) groups is 2. The zero-order valence-corrected chi connectivity index (χ0v) is 15.9. The Bertz CT molecular complexity index is 759. The van der Waals surface area contributed by atoms with Gasteiger partial charge in [-0.1, -0.05) is 48.0 Å². The molecule has 0 aliphatic carbocycles. The molecule has 0 aromatic heterocycles. The van der Waals surface area contributed by atoms with Crippen molar-refractivity contribution in [2.24, 2.45) is 0 Å². The molecule has 1 N–H and O–H groups in total. The van der Waals surface area contributed by atoms with Gasteiger partial charge in [0, 0.05) is 38.3 Å². The third-order valence-corrected chi connectivity index (χ3v) is 4.90. The van der Waals surface area contributed by atoms with Gasteiger partial charge in [0.2, 0.25) is 5.91 Å². The van der Waals surface area contributed by atoms with Crippen LogP contribution in [-0.2, 0) is 11.3 Å². The molecule has 2 aromatic carbocycles. The number of amides is 2. The Labute approximate surface area is 161 Å². The van der Waals surface area contributed by atoms with Crippen molar-refractivity contribution in [3.63, 3.8) is 0 Å². The summed E-state index contributed by atoms with van der Waals surface area (Å²) in [6.45, 7) is 6.21. The smallest absolute Gasteiger partial charge is 0.251 e. The number of carbonyl (C=O) groups excluding carboxylic acids is 2. The average Bonchev–Trinajstić information content (AvgIpc) is 2.93. The van der Waals surface area contributed by atoms with Gasteiger partial charge in [0.15, 0.2) is 0 Å². The van der Waals surface area contributed by atoms with Crippen LogP contribution in [0.4, 0.5) is 0 Å². The number of benzene rings is 2. The largest absolute Gasteiger partial charge is 0.343 e. The molecule has 27 heavy (non-hydrogen) atoms. The Morgan fingerprint density at radius 1 is 0.926 bits per heavy atom. The minimum absolute atomic E-state index is 0.0166. The molecule has 0 radical (unpaired) electrons. The van der Waals surface area contributed by atoms with E-state index in [1.807, 2.05) is 30.0 Å². The van der Waals surface area contributed by atoms with Gasteiger partial charge in [-0.2, -0.15) is 0 Å². The molecular weight excluding hydrogens is 338 g/mol.